The molecule has 0 atom stereocenters. The van der Waals surface area contributed by atoms with E-state index in [9.17, 15) is 22.4 Å². The van der Waals surface area contributed by atoms with E-state index in [0.29, 0.717) is 0 Å². The molecule has 0 saturated carbocycles. The Morgan fingerprint density at radius 1 is 1.04 bits per heavy atom. The highest BCUT2D eigenvalue weighted by Crippen LogP contribution is 2.20. The number of anilines is 1. The topological polar surface area (TPSA) is 127 Å². The van der Waals surface area contributed by atoms with Crippen molar-refractivity contribution in [1.29, 1.82) is 0 Å². The second-order valence-electron chi connectivity index (χ2n) is 4.49. The summed E-state index contributed by atoms with van der Waals surface area (Å²) in [4.78, 5) is 21.4. The van der Waals surface area contributed by atoms with Gasteiger partial charge in [-0.2, -0.15) is 0 Å². The largest absolute Gasteiger partial charge is 0.478 e. The van der Waals surface area contributed by atoms with Gasteiger partial charge in [0.1, 0.15) is 5.82 Å². The van der Waals surface area contributed by atoms with Crippen LogP contribution in [0.2, 0.25) is 0 Å². The minimum Gasteiger partial charge on any atom is -0.478 e. The lowest BCUT2D eigenvalue weighted by Crippen LogP contribution is -2.15. The molecule has 0 unspecified atom stereocenters. The molecule has 4 N–H and O–H groups in total. The first-order valence-electron chi connectivity index (χ1n) is 6.16. The summed E-state index contributed by atoms with van der Waals surface area (Å²) in [6, 6.07) is 7.46. The number of primary amides is 1. The quantitative estimate of drug-likeness (QED) is 0.760. The van der Waals surface area contributed by atoms with Crippen molar-refractivity contribution in [2.45, 2.75) is 4.90 Å². The van der Waals surface area contributed by atoms with Gasteiger partial charge in [0.25, 0.3) is 10.0 Å². The molecule has 0 bridgehead atoms. The van der Waals surface area contributed by atoms with Crippen molar-refractivity contribution in [3.63, 3.8) is 0 Å². The van der Waals surface area contributed by atoms with Crippen molar-refractivity contribution in [2.24, 2.45) is 5.73 Å². The van der Waals surface area contributed by atoms with Crippen molar-refractivity contribution < 1.29 is 27.5 Å². The Morgan fingerprint density at radius 2 is 1.61 bits per heavy atom. The summed E-state index contributed by atoms with van der Waals surface area (Å²) in [7, 11) is -4.11. The zero-order valence-corrected chi connectivity index (χ0v) is 12.3. The third-order valence-corrected chi connectivity index (χ3v) is 4.29. The minimum atomic E-state index is -4.11. The van der Waals surface area contributed by atoms with E-state index in [0.717, 1.165) is 36.4 Å². The third-order valence-electron chi connectivity index (χ3n) is 2.91. The van der Waals surface area contributed by atoms with Crippen LogP contribution in [0.15, 0.2) is 47.4 Å². The summed E-state index contributed by atoms with van der Waals surface area (Å²) >= 11 is 0. The van der Waals surface area contributed by atoms with Crippen LogP contribution in [0.3, 0.4) is 0 Å². The number of benzene rings is 2. The molecule has 2 aromatic rings. The molecule has 0 heterocycles. The number of carbonyl (C=O) groups is 2. The molecular formula is C14H11FN2O5S. The number of rotatable bonds is 5. The minimum absolute atomic E-state index is 0.0825. The Hall–Kier alpha value is -2.94. The molecule has 0 spiro atoms. The number of sulfonamides is 1. The highest BCUT2D eigenvalue weighted by Gasteiger charge is 2.17. The van der Waals surface area contributed by atoms with Gasteiger partial charge in [0.2, 0.25) is 5.91 Å². The average Bonchev–Trinajstić information content (AvgIpc) is 2.49. The maximum atomic E-state index is 13.8. The fourth-order valence-electron chi connectivity index (χ4n) is 1.73. The molecular weight excluding hydrogens is 327 g/mol. The zero-order chi connectivity index (χ0) is 17.2. The number of carboxylic acid groups (broad SMARTS) is 1. The first-order chi connectivity index (χ1) is 10.7. The Kier molecular flexibility index (Phi) is 4.32. The summed E-state index contributed by atoms with van der Waals surface area (Å²) in [5, 5.41) is 8.77. The molecule has 23 heavy (non-hydrogen) atoms. The fourth-order valence-corrected chi connectivity index (χ4v) is 2.80. The van der Waals surface area contributed by atoms with Crippen LogP contribution in [0, 0.1) is 5.82 Å². The van der Waals surface area contributed by atoms with Crippen LogP contribution >= 0.6 is 0 Å². The first-order valence-corrected chi connectivity index (χ1v) is 7.64. The predicted molar refractivity (Wildman–Crippen MR) is 79.1 cm³/mol. The van der Waals surface area contributed by atoms with E-state index in [4.69, 9.17) is 10.8 Å². The van der Waals surface area contributed by atoms with Crippen LogP contribution in [0.25, 0.3) is 0 Å². The number of hydrogen-bond acceptors (Lipinski definition) is 4. The van der Waals surface area contributed by atoms with Crippen LogP contribution in [0.5, 0.6) is 0 Å². The number of aromatic carboxylic acids is 1. The molecule has 2 aromatic carbocycles. The van der Waals surface area contributed by atoms with E-state index in [1.807, 2.05) is 4.72 Å². The molecule has 0 aromatic heterocycles. The number of carbonyl (C=O) groups excluding carboxylic acids is 1. The van der Waals surface area contributed by atoms with Gasteiger partial charge in [0.15, 0.2) is 0 Å². The van der Waals surface area contributed by atoms with E-state index in [2.05, 4.69) is 0 Å². The summed E-state index contributed by atoms with van der Waals surface area (Å²) in [6.45, 7) is 0. The molecule has 9 heteroatoms. The van der Waals surface area contributed by atoms with Crippen molar-refractivity contribution in [3.8, 4) is 0 Å². The summed E-state index contributed by atoms with van der Waals surface area (Å²) < 4.78 is 40.1. The second-order valence-corrected chi connectivity index (χ2v) is 6.18. The number of halogens is 1. The molecule has 1 amide bonds. The van der Waals surface area contributed by atoms with Gasteiger partial charge in [-0.3, -0.25) is 9.52 Å². The van der Waals surface area contributed by atoms with E-state index in [-0.39, 0.29) is 21.7 Å². The summed E-state index contributed by atoms with van der Waals surface area (Å²) in [6.07, 6.45) is 0. The lowest BCUT2D eigenvalue weighted by Gasteiger charge is -2.09. The standard InChI is InChI=1S/C14H11FN2O5S/c15-11-7-9(13(16)18)3-6-12(11)17-23(21,22)10-4-1-8(2-5-10)14(19)20/h1-7,17H,(H2,16,18)(H,19,20). The molecule has 0 aliphatic carbocycles. The highest BCUT2D eigenvalue weighted by molar-refractivity contribution is 7.92. The molecule has 0 saturated heterocycles. The maximum absolute atomic E-state index is 13.8. The van der Waals surface area contributed by atoms with Crippen LogP contribution in [0.4, 0.5) is 10.1 Å². The summed E-state index contributed by atoms with van der Waals surface area (Å²) in [5.74, 6) is -3.01. The Bertz CT molecular complexity index is 879. The van der Waals surface area contributed by atoms with Crippen LogP contribution in [-0.4, -0.2) is 25.4 Å². The highest BCUT2D eigenvalue weighted by atomic mass is 32.2. The van der Waals surface area contributed by atoms with Crippen LogP contribution in [-0.2, 0) is 10.0 Å². The van der Waals surface area contributed by atoms with E-state index >= 15 is 0 Å². The van der Waals surface area contributed by atoms with Gasteiger partial charge in [0, 0.05) is 5.56 Å². The molecule has 7 nitrogen and oxygen atoms in total. The molecule has 120 valence electrons. The normalized spacial score (nSPS) is 11.0. The van der Waals surface area contributed by atoms with Crippen molar-refractivity contribution in [1.82, 2.24) is 0 Å². The van der Waals surface area contributed by atoms with Gasteiger partial charge in [-0.1, -0.05) is 0 Å². The number of amides is 1. The van der Waals surface area contributed by atoms with Gasteiger partial charge >= 0.3 is 5.97 Å². The van der Waals surface area contributed by atoms with E-state index < -0.39 is 27.7 Å². The van der Waals surface area contributed by atoms with E-state index in [1.54, 1.807) is 0 Å². The third kappa shape index (κ3) is 3.64. The Morgan fingerprint density at radius 3 is 2.09 bits per heavy atom. The van der Waals surface area contributed by atoms with Crippen molar-refractivity contribution >= 4 is 27.6 Å². The van der Waals surface area contributed by atoms with E-state index in [1.165, 1.54) is 6.07 Å². The van der Waals surface area contributed by atoms with Crippen molar-refractivity contribution in [2.75, 3.05) is 4.72 Å². The van der Waals surface area contributed by atoms with Gasteiger partial charge in [0.05, 0.1) is 16.1 Å². The summed E-state index contributed by atoms with van der Waals surface area (Å²) in [5.41, 5.74) is 4.45. The molecule has 0 aliphatic heterocycles. The first kappa shape index (κ1) is 16.4. The maximum Gasteiger partial charge on any atom is 0.335 e. The Balaban J connectivity index is 2.31. The van der Waals surface area contributed by atoms with Crippen LogP contribution in [0.1, 0.15) is 20.7 Å². The van der Waals surface area contributed by atoms with Crippen molar-refractivity contribution in [3.05, 3.63) is 59.4 Å². The molecule has 2 rings (SSSR count). The number of nitrogens with two attached hydrogens (primary N) is 1. The predicted octanol–water partition coefficient (Wildman–Crippen LogP) is 1.42. The lowest BCUT2D eigenvalue weighted by atomic mass is 10.2. The molecule has 0 fully saturated rings. The van der Waals surface area contributed by atoms with Crippen LogP contribution < -0.4 is 10.5 Å². The Labute approximate surface area is 130 Å². The number of nitrogens with one attached hydrogen (secondary N) is 1. The average molecular weight is 338 g/mol. The smallest absolute Gasteiger partial charge is 0.335 e. The van der Waals surface area contributed by atoms with Gasteiger partial charge in [-0.25, -0.2) is 17.6 Å². The van der Waals surface area contributed by atoms with Gasteiger partial charge < -0.3 is 10.8 Å². The molecule has 0 aliphatic rings. The second kappa shape index (κ2) is 6.05. The van der Waals surface area contributed by atoms with Gasteiger partial charge in [-0.05, 0) is 42.5 Å². The molecule has 0 radical (unpaired) electrons. The SMILES string of the molecule is NC(=O)c1ccc(NS(=O)(=O)c2ccc(C(=O)O)cc2)c(F)c1. The number of hydrogen-bond donors (Lipinski definition) is 3. The zero-order valence-electron chi connectivity index (χ0n) is 11.5. The fraction of sp³-hybridized carbons (Fsp3) is 0. The monoisotopic (exact) mass is 338 g/mol. The van der Waals surface area contributed by atoms with Gasteiger partial charge in [-0.15, -0.1) is 0 Å². The lowest BCUT2D eigenvalue weighted by molar-refractivity contribution is 0.0696. The number of carboxylic acids is 1.